The van der Waals surface area contributed by atoms with Crippen LogP contribution < -0.4 is 10.1 Å². The van der Waals surface area contributed by atoms with E-state index in [0.717, 1.165) is 16.9 Å². The number of anilines is 1. The average Bonchev–Trinajstić information content (AvgIpc) is 3.18. The molecule has 0 fully saturated rings. The minimum atomic E-state index is -0.281. The summed E-state index contributed by atoms with van der Waals surface area (Å²) < 4.78 is 7.92. The van der Waals surface area contributed by atoms with Crippen molar-refractivity contribution in [1.29, 1.82) is 0 Å². The number of aromatic nitrogens is 4. The van der Waals surface area contributed by atoms with Crippen LogP contribution in [0.5, 0.6) is 11.6 Å². The number of fused-ring (bicyclic) bond motifs is 3. The Hall–Kier alpha value is -3.97. The molecule has 2 heterocycles. The van der Waals surface area contributed by atoms with Crippen molar-refractivity contribution in [2.75, 3.05) is 5.32 Å². The van der Waals surface area contributed by atoms with Crippen LogP contribution in [0.4, 0.5) is 5.69 Å². The molecule has 5 rings (SSSR count). The minimum absolute atomic E-state index is 0.281. The number of nitrogens with zero attached hydrogens (tertiary/aromatic N) is 4. The highest BCUT2D eigenvalue weighted by molar-refractivity contribution is 6.34. The van der Waals surface area contributed by atoms with E-state index in [1.54, 1.807) is 48.5 Å². The molecule has 1 amide bonds. The molecular formula is C23H16ClN5O2. The fraction of sp³-hybridized carbons (Fsp3) is 0.0435. The van der Waals surface area contributed by atoms with Crippen LogP contribution in [0.1, 0.15) is 16.2 Å². The first-order chi connectivity index (χ1) is 15.1. The predicted octanol–water partition coefficient (Wildman–Crippen LogP) is 5.28. The largest absolute Gasteiger partial charge is 0.436 e. The van der Waals surface area contributed by atoms with Crippen molar-refractivity contribution >= 4 is 39.9 Å². The number of ether oxygens (including phenoxy) is 1. The van der Waals surface area contributed by atoms with Gasteiger partial charge in [0.25, 0.3) is 11.8 Å². The topological polar surface area (TPSA) is 81.4 Å². The normalized spacial score (nSPS) is 11.0. The average molecular weight is 430 g/mol. The summed E-state index contributed by atoms with van der Waals surface area (Å²) >= 11 is 6.09. The number of nitrogens with one attached hydrogen (secondary N) is 1. The summed E-state index contributed by atoms with van der Waals surface area (Å²) in [6, 6.07) is 21.6. The molecule has 8 heteroatoms. The number of hydrogen-bond donors (Lipinski definition) is 1. The third kappa shape index (κ3) is 3.55. The molecule has 1 N–H and O–H groups in total. The first-order valence-electron chi connectivity index (χ1n) is 9.54. The maximum atomic E-state index is 12.4. The van der Waals surface area contributed by atoms with Gasteiger partial charge < -0.3 is 10.1 Å². The van der Waals surface area contributed by atoms with Gasteiger partial charge in [-0.25, -0.2) is 4.98 Å². The van der Waals surface area contributed by atoms with E-state index in [9.17, 15) is 4.79 Å². The number of para-hydroxylation sites is 2. The molecule has 0 bridgehead atoms. The smallest absolute Gasteiger partial charge is 0.266 e. The Balaban J connectivity index is 1.42. The summed E-state index contributed by atoms with van der Waals surface area (Å²) in [7, 11) is 0. The zero-order valence-corrected chi connectivity index (χ0v) is 17.2. The van der Waals surface area contributed by atoms with E-state index in [4.69, 9.17) is 16.3 Å². The molecule has 0 aliphatic carbocycles. The molecule has 0 radical (unpaired) electrons. The molecule has 0 aliphatic rings. The van der Waals surface area contributed by atoms with Gasteiger partial charge in [0.15, 0.2) is 0 Å². The minimum Gasteiger partial charge on any atom is -0.436 e. The van der Waals surface area contributed by atoms with Crippen molar-refractivity contribution in [3.8, 4) is 11.6 Å². The van der Waals surface area contributed by atoms with Gasteiger partial charge in [0.2, 0.25) is 5.65 Å². The maximum absolute atomic E-state index is 12.4. The van der Waals surface area contributed by atoms with E-state index < -0.39 is 0 Å². The van der Waals surface area contributed by atoms with Crippen LogP contribution in [0.15, 0.2) is 72.8 Å². The van der Waals surface area contributed by atoms with Crippen molar-refractivity contribution in [2.24, 2.45) is 0 Å². The van der Waals surface area contributed by atoms with Crippen molar-refractivity contribution in [2.45, 2.75) is 6.92 Å². The Morgan fingerprint density at radius 2 is 1.71 bits per heavy atom. The number of carbonyl (C=O) groups excluding carboxylic acids is 1. The number of hydrogen-bond acceptors (Lipinski definition) is 5. The molecule has 0 spiro atoms. The SMILES string of the molecule is Cc1nnc2c(Oc3ccc(NC(=O)c4ccccc4Cl)cc3)nc3ccccc3n12. The third-order valence-electron chi connectivity index (χ3n) is 4.81. The van der Waals surface area contributed by atoms with Crippen LogP contribution in [-0.4, -0.2) is 25.5 Å². The van der Waals surface area contributed by atoms with Crippen molar-refractivity contribution < 1.29 is 9.53 Å². The zero-order valence-electron chi connectivity index (χ0n) is 16.4. The molecule has 0 aliphatic heterocycles. The van der Waals surface area contributed by atoms with Gasteiger partial charge in [-0.1, -0.05) is 35.9 Å². The Labute approximate surface area is 182 Å². The number of benzene rings is 3. The molecule has 0 saturated heterocycles. The summed E-state index contributed by atoms with van der Waals surface area (Å²) in [6.07, 6.45) is 0. The van der Waals surface area contributed by atoms with Crippen LogP contribution in [-0.2, 0) is 0 Å². The second kappa shape index (κ2) is 7.70. The fourth-order valence-corrected chi connectivity index (χ4v) is 3.55. The van der Waals surface area contributed by atoms with Gasteiger partial charge in [-0.15, -0.1) is 10.2 Å². The van der Waals surface area contributed by atoms with Gasteiger partial charge in [-0.2, -0.15) is 0 Å². The van der Waals surface area contributed by atoms with Crippen molar-refractivity contribution in [3.63, 3.8) is 0 Å². The molecule has 3 aromatic carbocycles. The summed E-state index contributed by atoms with van der Waals surface area (Å²) in [5.41, 5.74) is 3.25. The first kappa shape index (κ1) is 19.0. The van der Waals surface area contributed by atoms with Gasteiger partial charge in [0, 0.05) is 5.69 Å². The molecule has 2 aromatic heterocycles. The Morgan fingerprint density at radius 3 is 2.52 bits per heavy atom. The van der Waals surface area contributed by atoms with Crippen LogP contribution in [0.2, 0.25) is 5.02 Å². The first-order valence-corrected chi connectivity index (χ1v) is 9.92. The van der Waals surface area contributed by atoms with Gasteiger partial charge in [-0.05, 0) is 55.5 Å². The van der Waals surface area contributed by atoms with E-state index >= 15 is 0 Å². The molecule has 0 atom stereocenters. The highest BCUT2D eigenvalue weighted by Crippen LogP contribution is 2.28. The summed E-state index contributed by atoms with van der Waals surface area (Å²) in [5.74, 6) is 1.38. The van der Waals surface area contributed by atoms with E-state index in [0.29, 0.717) is 33.6 Å². The highest BCUT2D eigenvalue weighted by atomic mass is 35.5. The third-order valence-corrected chi connectivity index (χ3v) is 5.14. The van der Waals surface area contributed by atoms with Gasteiger partial charge in [0.05, 0.1) is 21.6 Å². The highest BCUT2D eigenvalue weighted by Gasteiger charge is 2.15. The quantitative estimate of drug-likeness (QED) is 0.420. The fourth-order valence-electron chi connectivity index (χ4n) is 3.33. The summed E-state index contributed by atoms with van der Waals surface area (Å²) in [5, 5.41) is 11.6. The Bertz CT molecular complexity index is 1430. The van der Waals surface area contributed by atoms with E-state index in [-0.39, 0.29) is 5.91 Å². The van der Waals surface area contributed by atoms with Crippen LogP contribution in [0, 0.1) is 6.92 Å². The zero-order chi connectivity index (χ0) is 21.4. The number of rotatable bonds is 4. The molecule has 5 aromatic rings. The maximum Gasteiger partial charge on any atom is 0.266 e. The standard InChI is InChI=1S/C23H16ClN5O2/c1-14-27-28-21-23(26-19-8-4-5-9-20(19)29(14)21)31-16-12-10-15(11-13-16)25-22(30)17-6-2-3-7-18(17)24/h2-13H,1H3,(H,25,30). The van der Waals surface area contributed by atoms with Crippen molar-refractivity contribution in [1.82, 2.24) is 19.6 Å². The lowest BCUT2D eigenvalue weighted by molar-refractivity contribution is 0.102. The molecule has 31 heavy (non-hydrogen) atoms. The van der Waals surface area contributed by atoms with Crippen LogP contribution in [0.25, 0.3) is 16.7 Å². The molecular weight excluding hydrogens is 414 g/mol. The van der Waals surface area contributed by atoms with E-state index in [1.165, 1.54) is 0 Å². The van der Waals surface area contributed by atoms with Gasteiger partial charge >= 0.3 is 0 Å². The number of carbonyl (C=O) groups is 1. The summed E-state index contributed by atoms with van der Waals surface area (Å²) in [6.45, 7) is 1.88. The predicted molar refractivity (Wildman–Crippen MR) is 119 cm³/mol. The Kier molecular flexibility index (Phi) is 4.72. The molecule has 0 saturated carbocycles. The lowest BCUT2D eigenvalue weighted by atomic mass is 10.2. The van der Waals surface area contributed by atoms with E-state index in [2.05, 4.69) is 20.5 Å². The number of amides is 1. The Morgan fingerprint density at radius 1 is 0.968 bits per heavy atom. The second-order valence-electron chi connectivity index (χ2n) is 6.87. The summed E-state index contributed by atoms with van der Waals surface area (Å²) in [4.78, 5) is 17.0. The second-order valence-corrected chi connectivity index (χ2v) is 7.28. The van der Waals surface area contributed by atoms with Crippen molar-refractivity contribution in [3.05, 3.63) is 89.2 Å². The van der Waals surface area contributed by atoms with E-state index in [1.807, 2.05) is 35.6 Å². The lowest BCUT2D eigenvalue weighted by Gasteiger charge is -2.10. The molecule has 7 nitrogen and oxygen atoms in total. The van der Waals surface area contributed by atoms with Crippen LogP contribution >= 0.6 is 11.6 Å². The van der Waals surface area contributed by atoms with Gasteiger partial charge in [-0.3, -0.25) is 9.20 Å². The number of halogens is 1. The molecule has 152 valence electrons. The lowest BCUT2D eigenvalue weighted by Crippen LogP contribution is -2.12. The van der Waals surface area contributed by atoms with Crippen LogP contribution in [0.3, 0.4) is 0 Å². The molecule has 0 unspecified atom stereocenters. The number of aryl methyl sites for hydroxylation is 1. The monoisotopic (exact) mass is 429 g/mol. The van der Waals surface area contributed by atoms with Gasteiger partial charge in [0.1, 0.15) is 11.6 Å².